The highest BCUT2D eigenvalue weighted by Gasteiger charge is 2.46. The number of hydrogen-bond acceptors (Lipinski definition) is 5. The van der Waals surface area contributed by atoms with Crippen LogP contribution in [0, 0.1) is 6.92 Å². The van der Waals surface area contributed by atoms with Crippen LogP contribution in [0.25, 0.3) is 5.76 Å². The number of aryl methyl sites for hydroxylation is 1. The number of hydrogen-bond donors (Lipinski definition) is 1. The number of aliphatic hydroxyl groups excluding tert-OH is 1. The molecule has 0 radical (unpaired) electrons. The molecule has 6 nitrogen and oxygen atoms in total. The first-order valence-electron chi connectivity index (χ1n) is 12.1. The minimum absolute atomic E-state index is 0.0228. The van der Waals surface area contributed by atoms with Gasteiger partial charge in [0.25, 0.3) is 11.7 Å². The highest BCUT2D eigenvalue weighted by Crippen LogP contribution is 2.40. The minimum atomic E-state index is -0.787. The van der Waals surface area contributed by atoms with Gasteiger partial charge >= 0.3 is 0 Å². The molecule has 4 aromatic rings. The molecule has 0 aliphatic carbocycles. The van der Waals surface area contributed by atoms with E-state index in [4.69, 9.17) is 16.3 Å². The van der Waals surface area contributed by atoms with Crippen LogP contribution in [0.3, 0.4) is 0 Å². The molecule has 0 bridgehead atoms. The van der Waals surface area contributed by atoms with Crippen LogP contribution in [-0.4, -0.2) is 26.7 Å². The first-order valence-corrected chi connectivity index (χ1v) is 12.5. The van der Waals surface area contributed by atoms with E-state index >= 15 is 0 Å². The fourth-order valence-corrected chi connectivity index (χ4v) is 4.68. The number of likely N-dealkylation sites (tertiary alicyclic amines) is 1. The fraction of sp³-hybridized carbons (Fsp3) is 0.129. The SMILES string of the molecule is Cc1cccc(COc2ccc(C(O)=C3C(=O)C(=O)N(Cc4cccnc4)C3c3ccc(Cl)cc3)cc2)c1. The molecule has 38 heavy (non-hydrogen) atoms. The van der Waals surface area contributed by atoms with Crippen molar-refractivity contribution in [3.63, 3.8) is 0 Å². The molecule has 5 rings (SSSR count). The summed E-state index contributed by atoms with van der Waals surface area (Å²) in [6.07, 6.45) is 3.29. The van der Waals surface area contributed by atoms with E-state index in [9.17, 15) is 14.7 Å². The second-order valence-corrected chi connectivity index (χ2v) is 9.58. The lowest BCUT2D eigenvalue weighted by Gasteiger charge is -2.25. The molecule has 3 aromatic carbocycles. The number of Topliss-reactive ketones (excluding diaryl/α,β-unsaturated/α-hetero) is 1. The van der Waals surface area contributed by atoms with Crippen molar-refractivity contribution < 1.29 is 19.4 Å². The monoisotopic (exact) mass is 524 g/mol. The van der Waals surface area contributed by atoms with Crippen molar-refractivity contribution in [1.29, 1.82) is 0 Å². The van der Waals surface area contributed by atoms with E-state index in [1.165, 1.54) is 4.90 Å². The molecule has 1 saturated heterocycles. The molecule has 1 atom stereocenters. The summed E-state index contributed by atoms with van der Waals surface area (Å²) >= 11 is 6.09. The van der Waals surface area contributed by atoms with Gasteiger partial charge < -0.3 is 14.7 Å². The van der Waals surface area contributed by atoms with Crippen LogP contribution in [0.1, 0.15) is 33.9 Å². The van der Waals surface area contributed by atoms with Crippen LogP contribution in [0.2, 0.25) is 5.02 Å². The van der Waals surface area contributed by atoms with Crippen molar-refractivity contribution in [2.24, 2.45) is 0 Å². The number of ether oxygens (including phenoxy) is 1. The number of aliphatic hydroxyl groups is 1. The number of carbonyl (C=O) groups is 2. The second kappa shape index (κ2) is 10.9. The van der Waals surface area contributed by atoms with Gasteiger partial charge in [-0.05, 0) is 66.1 Å². The van der Waals surface area contributed by atoms with E-state index in [0.717, 1.165) is 16.7 Å². The third-order valence-corrected chi connectivity index (χ3v) is 6.67. The van der Waals surface area contributed by atoms with Crippen LogP contribution in [-0.2, 0) is 22.7 Å². The topological polar surface area (TPSA) is 79.7 Å². The van der Waals surface area contributed by atoms with Crippen LogP contribution < -0.4 is 4.74 Å². The molecule has 1 unspecified atom stereocenters. The predicted octanol–water partition coefficient (Wildman–Crippen LogP) is 6.24. The predicted molar refractivity (Wildman–Crippen MR) is 145 cm³/mol. The van der Waals surface area contributed by atoms with E-state index < -0.39 is 17.7 Å². The smallest absolute Gasteiger partial charge is 0.295 e. The summed E-state index contributed by atoms with van der Waals surface area (Å²) in [7, 11) is 0. The maximum absolute atomic E-state index is 13.2. The van der Waals surface area contributed by atoms with Crippen molar-refractivity contribution in [1.82, 2.24) is 9.88 Å². The summed E-state index contributed by atoms with van der Waals surface area (Å²) in [6.45, 7) is 2.59. The summed E-state index contributed by atoms with van der Waals surface area (Å²) in [6, 6.07) is 24.6. The van der Waals surface area contributed by atoms with Gasteiger partial charge in [0.2, 0.25) is 0 Å². The van der Waals surface area contributed by atoms with E-state index in [0.29, 0.717) is 28.5 Å². The summed E-state index contributed by atoms with van der Waals surface area (Å²) in [5.41, 5.74) is 4.07. The average molecular weight is 525 g/mol. The Bertz CT molecular complexity index is 1500. The number of halogens is 1. The standard InChI is InChI=1S/C31H25ClN2O4/c1-20-4-2-5-21(16-20)19-38-26-13-9-24(10-14-26)29(35)27-28(23-7-11-25(32)12-8-23)34(31(37)30(27)36)18-22-6-3-15-33-17-22/h2-17,28,35H,18-19H2,1H3. The summed E-state index contributed by atoms with van der Waals surface area (Å²) in [4.78, 5) is 32.0. The molecule has 1 N–H and O–H groups in total. The number of rotatable bonds is 7. The van der Waals surface area contributed by atoms with Gasteiger partial charge in [-0.2, -0.15) is 0 Å². The maximum atomic E-state index is 13.2. The highest BCUT2D eigenvalue weighted by atomic mass is 35.5. The lowest BCUT2D eigenvalue weighted by molar-refractivity contribution is -0.140. The number of carbonyl (C=O) groups excluding carboxylic acids is 2. The zero-order chi connectivity index (χ0) is 26.6. The molecule has 1 aliphatic rings. The number of benzene rings is 3. The Kier molecular flexibility index (Phi) is 7.24. The van der Waals surface area contributed by atoms with Crippen LogP contribution >= 0.6 is 11.6 Å². The number of amides is 1. The normalized spacial score (nSPS) is 16.6. The van der Waals surface area contributed by atoms with Crippen LogP contribution in [0.5, 0.6) is 5.75 Å². The first kappa shape index (κ1) is 25.2. The second-order valence-electron chi connectivity index (χ2n) is 9.14. The minimum Gasteiger partial charge on any atom is -0.507 e. The third-order valence-electron chi connectivity index (χ3n) is 6.42. The van der Waals surface area contributed by atoms with Gasteiger partial charge in [0.1, 0.15) is 18.1 Å². The highest BCUT2D eigenvalue weighted by molar-refractivity contribution is 6.46. The van der Waals surface area contributed by atoms with E-state index in [-0.39, 0.29) is 17.9 Å². The van der Waals surface area contributed by atoms with Crippen LogP contribution in [0.15, 0.2) is 103 Å². The molecule has 1 amide bonds. The van der Waals surface area contributed by atoms with Crippen molar-refractivity contribution in [2.45, 2.75) is 26.1 Å². The van der Waals surface area contributed by atoms with Gasteiger partial charge in [-0.3, -0.25) is 14.6 Å². The Balaban J connectivity index is 1.47. The molecule has 1 aliphatic heterocycles. The zero-order valence-electron chi connectivity index (χ0n) is 20.7. The zero-order valence-corrected chi connectivity index (χ0v) is 21.4. The number of pyridine rings is 1. The molecular formula is C31H25ClN2O4. The summed E-state index contributed by atoms with van der Waals surface area (Å²) < 4.78 is 5.89. The van der Waals surface area contributed by atoms with Gasteiger partial charge in [0.15, 0.2) is 0 Å². The van der Waals surface area contributed by atoms with Crippen molar-refractivity contribution >= 4 is 29.1 Å². The Hall–Kier alpha value is -4.42. The molecule has 0 spiro atoms. The van der Waals surface area contributed by atoms with Gasteiger partial charge in [0.05, 0.1) is 11.6 Å². The maximum Gasteiger partial charge on any atom is 0.295 e. The lowest BCUT2D eigenvalue weighted by Crippen LogP contribution is -2.29. The number of ketones is 1. The summed E-state index contributed by atoms with van der Waals surface area (Å²) in [5, 5.41) is 11.8. The quantitative estimate of drug-likeness (QED) is 0.176. The number of nitrogens with zero attached hydrogens (tertiary/aromatic N) is 2. The molecule has 1 fully saturated rings. The van der Waals surface area contributed by atoms with E-state index in [1.807, 2.05) is 31.2 Å². The summed E-state index contributed by atoms with van der Waals surface area (Å²) in [5.74, 6) is -1.06. The molecule has 7 heteroatoms. The Morgan fingerprint density at radius 1 is 0.974 bits per heavy atom. The molecule has 190 valence electrons. The third kappa shape index (κ3) is 5.31. The Morgan fingerprint density at radius 2 is 1.71 bits per heavy atom. The van der Waals surface area contributed by atoms with Crippen molar-refractivity contribution in [3.05, 3.63) is 136 Å². The van der Waals surface area contributed by atoms with Gasteiger partial charge in [-0.15, -0.1) is 0 Å². The molecule has 1 aromatic heterocycles. The Morgan fingerprint density at radius 3 is 2.39 bits per heavy atom. The van der Waals surface area contributed by atoms with Gasteiger partial charge in [-0.25, -0.2) is 0 Å². The fourth-order valence-electron chi connectivity index (χ4n) is 4.56. The van der Waals surface area contributed by atoms with Crippen molar-refractivity contribution in [3.8, 4) is 5.75 Å². The lowest BCUT2D eigenvalue weighted by atomic mass is 9.95. The van der Waals surface area contributed by atoms with E-state index in [2.05, 4.69) is 11.1 Å². The number of aromatic nitrogens is 1. The molecule has 2 heterocycles. The van der Waals surface area contributed by atoms with E-state index in [1.54, 1.807) is 67.0 Å². The largest absolute Gasteiger partial charge is 0.507 e. The Labute approximate surface area is 225 Å². The molecular weight excluding hydrogens is 500 g/mol. The van der Waals surface area contributed by atoms with Gasteiger partial charge in [0, 0.05) is 29.5 Å². The average Bonchev–Trinajstić information content (AvgIpc) is 3.18. The first-order chi connectivity index (χ1) is 18.4. The van der Waals surface area contributed by atoms with Gasteiger partial charge in [-0.1, -0.05) is 59.6 Å². The van der Waals surface area contributed by atoms with Crippen molar-refractivity contribution in [2.75, 3.05) is 0 Å². The molecule has 0 saturated carbocycles. The van der Waals surface area contributed by atoms with Crippen LogP contribution in [0.4, 0.5) is 0 Å².